The molecule has 0 aromatic heterocycles. The number of nitrogens with zero attached hydrogens (tertiary/aromatic N) is 1. The van der Waals surface area contributed by atoms with E-state index in [0.29, 0.717) is 5.71 Å². The van der Waals surface area contributed by atoms with Crippen molar-refractivity contribution in [3.8, 4) is 0 Å². The second kappa shape index (κ2) is 2.38. The topological polar surface area (TPSA) is 32.6 Å². The molecule has 2 nitrogen and oxygen atoms in total. The SMILES string of the molecule is ON=C1[CH]Cc2ccccc21. The van der Waals surface area contributed by atoms with Gasteiger partial charge in [0, 0.05) is 12.0 Å². The summed E-state index contributed by atoms with van der Waals surface area (Å²) in [6.07, 6.45) is 2.81. The summed E-state index contributed by atoms with van der Waals surface area (Å²) in [4.78, 5) is 0. The van der Waals surface area contributed by atoms with E-state index in [2.05, 4.69) is 5.16 Å². The minimum absolute atomic E-state index is 0.695. The van der Waals surface area contributed by atoms with Gasteiger partial charge in [0.15, 0.2) is 0 Å². The van der Waals surface area contributed by atoms with Crippen LogP contribution in [0.1, 0.15) is 11.1 Å². The molecule has 11 heavy (non-hydrogen) atoms. The largest absolute Gasteiger partial charge is 0.411 e. The van der Waals surface area contributed by atoms with E-state index >= 15 is 0 Å². The molecule has 1 radical (unpaired) electrons. The molecule has 1 aliphatic carbocycles. The lowest BCUT2D eigenvalue weighted by atomic mass is 10.1. The van der Waals surface area contributed by atoms with E-state index in [-0.39, 0.29) is 0 Å². The van der Waals surface area contributed by atoms with Gasteiger partial charge in [0.2, 0.25) is 0 Å². The number of fused-ring (bicyclic) bond motifs is 1. The molecule has 0 aliphatic heterocycles. The number of hydrogen-bond acceptors (Lipinski definition) is 2. The maximum absolute atomic E-state index is 8.57. The minimum Gasteiger partial charge on any atom is -0.411 e. The third kappa shape index (κ3) is 0.909. The summed E-state index contributed by atoms with van der Waals surface area (Å²) in [6, 6.07) is 7.95. The molecule has 0 amide bonds. The number of benzene rings is 1. The van der Waals surface area contributed by atoms with Crippen LogP contribution in [-0.4, -0.2) is 10.9 Å². The summed E-state index contributed by atoms with van der Waals surface area (Å²) in [6.45, 7) is 0. The molecule has 2 heteroatoms. The first-order chi connectivity index (χ1) is 5.42. The van der Waals surface area contributed by atoms with Gasteiger partial charge in [-0.3, -0.25) is 0 Å². The molecule has 1 aliphatic rings. The van der Waals surface area contributed by atoms with Crippen LogP contribution in [0, 0.1) is 6.42 Å². The Morgan fingerprint density at radius 3 is 2.91 bits per heavy atom. The zero-order valence-electron chi connectivity index (χ0n) is 5.99. The van der Waals surface area contributed by atoms with Crippen LogP contribution in [0.25, 0.3) is 0 Å². The first-order valence-electron chi connectivity index (χ1n) is 3.55. The predicted molar refractivity (Wildman–Crippen MR) is 42.8 cm³/mol. The highest BCUT2D eigenvalue weighted by molar-refractivity contribution is 6.10. The van der Waals surface area contributed by atoms with Gasteiger partial charge in [-0.25, -0.2) is 0 Å². The molecular formula is C9H8NO. The lowest BCUT2D eigenvalue weighted by Crippen LogP contribution is -1.93. The second-order valence-electron chi connectivity index (χ2n) is 2.55. The van der Waals surface area contributed by atoms with Crippen molar-refractivity contribution in [1.29, 1.82) is 0 Å². The van der Waals surface area contributed by atoms with E-state index in [1.54, 1.807) is 0 Å². The Labute approximate surface area is 65.2 Å². The van der Waals surface area contributed by atoms with Crippen LogP contribution in [0.15, 0.2) is 29.4 Å². The molecule has 0 fully saturated rings. The van der Waals surface area contributed by atoms with E-state index in [4.69, 9.17) is 5.21 Å². The van der Waals surface area contributed by atoms with Crippen molar-refractivity contribution in [2.24, 2.45) is 5.16 Å². The quantitative estimate of drug-likeness (QED) is 0.438. The van der Waals surface area contributed by atoms with Crippen molar-refractivity contribution in [2.75, 3.05) is 0 Å². The van der Waals surface area contributed by atoms with Gasteiger partial charge in [0.05, 0.1) is 5.71 Å². The smallest absolute Gasteiger partial charge is 0.0911 e. The van der Waals surface area contributed by atoms with Crippen LogP contribution in [0.3, 0.4) is 0 Å². The fourth-order valence-corrected chi connectivity index (χ4v) is 1.36. The van der Waals surface area contributed by atoms with Crippen LogP contribution in [0.5, 0.6) is 0 Å². The molecular weight excluding hydrogens is 138 g/mol. The standard InChI is InChI=1S/C9H8NO/c11-10-9-6-5-7-3-1-2-4-8(7)9/h1-4,6,11H,5H2. The maximum atomic E-state index is 8.57. The van der Waals surface area contributed by atoms with Gasteiger partial charge < -0.3 is 5.21 Å². The summed E-state index contributed by atoms with van der Waals surface area (Å²) >= 11 is 0. The maximum Gasteiger partial charge on any atom is 0.0911 e. The van der Waals surface area contributed by atoms with Crippen molar-refractivity contribution < 1.29 is 5.21 Å². The monoisotopic (exact) mass is 146 g/mol. The van der Waals surface area contributed by atoms with Gasteiger partial charge >= 0.3 is 0 Å². The van der Waals surface area contributed by atoms with Gasteiger partial charge in [-0.05, 0) is 12.0 Å². The fourth-order valence-electron chi connectivity index (χ4n) is 1.36. The first kappa shape index (κ1) is 6.40. The minimum atomic E-state index is 0.695. The summed E-state index contributed by atoms with van der Waals surface area (Å²) < 4.78 is 0. The molecule has 1 aromatic rings. The third-order valence-corrected chi connectivity index (χ3v) is 1.92. The zero-order valence-corrected chi connectivity index (χ0v) is 5.99. The van der Waals surface area contributed by atoms with Crippen molar-refractivity contribution in [2.45, 2.75) is 6.42 Å². The second-order valence-corrected chi connectivity index (χ2v) is 2.55. The molecule has 0 atom stereocenters. The van der Waals surface area contributed by atoms with Gasteiger partial charge in [-0.1, -0.05) is 29.4 Å². The first-order valence-corrected chi connectivity index (χ1v) is 3.55. The molecule has 0 heterocycles. The third-order valence-electron chi connectivity index (χ3n) is 1.92. The lowest BCUT2D eigenvalue weighted by molar-refractivity contribution is 0.319. The summed E-state index contributed by atoms with van der Waals surface area (Å²) in [5.74, 6) is 0. The summed E-state index contributed by atoms with van der Waals surface area (Å²) in [5, 5.41) is 11.8. The number of oxime groups is 1. The normalized spacial score (nSPS) is 18.7. The van der Waals surface area contributed by atoms with Gasteiger partial charge in [0.1, 0.15) is 0 Å². The van der Waals surface area contributed by atoms with E-state index in [0.717, 1.165) is 12.0 Å². The van der Waals surface area contributed by atoms with Crippen molar-refractivity contribution in [3.05, 3.63) is 41.8 Å². The number of rotatable bonds is 0. The van der Waals surface area contributed by atoms with Gasteiger partial charge in [-0.15, -0.1) is 0 Å². The van der Waals surface area contributed by atoms with E-state index in [1.165, 1.54) is 5.56 Å². The molecule has 1 aromatic carbocycles. The Morgan fingerprint density at radius 2 is 2.09 bits per heavy atom. The van der Waals surface area contributed by atoms with E-state index in [9.17, 15) is 0 Å². The van der Waals surface area contributed by atoms with Crippen molar-refractivity contribution >= 4 is 5.71 Å². The molecule has 0 unspecified atom stereocenters. The molecule has 0 bridgehead atoms. The van der Waals surface area contributed by atoms with E-state index in [1.807, 2.05) is 30.7 Å². The van der Waals surface area contributed by atoms with Crippen LogP contribution >= 0.6 is 0 Å². The molecule has 0 spiro atoms. The van der Waals surface area contributed by atoms with E-state index < -0.39 is 0 Å². The predicted octanol–water partition coefficient (Wildman–Crippen LogP) is 1.63. The molecule has 0 saturated heterocycles. The number of hydrogen-bond donors (Lipinski definition) is 1. The zero-order chi connectivity index (χ0) is 7.68. The average Bonchev–Trinajstić information content (AvgIpc) is 2.47. The molecule has 1 N–H and O–H groups in total. The van der Waals surface area contributed by atoms with Gasteiger partial charge in [0.25, 0.3) is 0 Å². The van der Waals surface area contributed by atoms with Crippen LogP contribution in [-0.2, 0) is 6.42 Å². The average molecular weight is 146 g/mol. The fraction of sp³-hybridized carbons (Fsp3) is 0.111. The van der Waals surface area contributed by atoms with Crippen molar-refractivity contribution in [1.82, 2.24) is 0 Å². The van der Waals surface area contributed by atoms with Gasteiger partial charge in [-0.2, -0.15) is 0 Å². The summed E-state index contributed by atoms with van der Waals surface area (Å²) in [7, 11) is 0. The Morgan fingerprint density at radius 1 is 1.27 bits per heavy atom. The Bertz CT molecular complexity index is 304. The Kier molecular flexibility index (Phi) is 1.39. The Balaban J connectivity index is 2.55. The highest BCUT2D eigenvalue weighted by atomic mass is 16.4. The molecule has 0 saturated carbocycles. The van der Waals surface area contributed by atoms with Crippen LogP contribution in [0.2, 0.25) is 0 Å². The Hall–Kier alpha value is -1.31. The summed E-state index contributed by atoms with van der Waals surface area (Å²) in [5.41, 5.74) is 2.98. The lowest BCUT2D eigenvalue weighted by Gasteiger charge is -1.94. The van der Waals surface area contributed by atoms with Crippen LogP contribution < -0.4 is 0 Å². The van der Waals surface area contributed by atoms with Crippen LogP contribution in [0.4, 0.5) is 0 Å². The molecule has 55 valence electrons. The highest BCUT2D eigenvalue weighted by Crippen LogP contribution is 2.20. The van der Waals surface area contributed by atoms with Crippen molar-refractivity contribution in [3.63, 3.8) is 0 Å². The highest BCUT2D eigenvalue weighted by Gasteiger charge is 2.16. The molecule has 2 rings (SSSR count).